The molecule has 0 amide bonds. The van der Waals surface area contributed by atoms with E-state index in [0.717, 1.165) is 5.70 Å². The van der Waals surface area contributed by atoms with Crippen molar-refractivity contribution in [2.45, 2.75) is 32.6 Å². The van der Waals surface area contributed by atoms with Crippen molar-refractivity contribution in [3.8, 4) is 5.69 Å². The van der Waals surface area contributed by atoms with Gasteiger partial charge in [0.1, 0.15) is 5.82 Å². The van der Waals surface area contributed by atoms with Crippen LogP contribution in [0.2, 0.25) is 10.0 Å². The number of Topliss-reactive ketones (excluding diaryl/α,β-unsaturated/α-hetero) is 1. The second kappa shape index (κ2) is 7.14. The van der Waals surface area contributed by atoms with Gasteiger partial charge in [-0.1, -0.05) is 67.4 Å². The summed E-state index contributed by atoms with van der Waals surface area (Å²) < 4.78 is 1.50. The van der Waals surface area contributed by atoms with Gasteiger partial charge in [-0.25, -0.2) is 4.68 Å². The SMILES string of the molecule is CC1(C)CC(=O)C2=C(C1)Nc1[nH]n(-c3ccccc3)c(=O)c1[C@H]2c1cccc(Cl)c1Cl. The van der Waals surface area contributed by atoms with E-state index in [4.69, 9.17) is 23.2 Å². The lowest BCUT2D eigenvalue weighted by Crippen LogP contribution is -2.35. The number of ketones is 1. The Hall–Kier alpha value is -2.76. The standard InChI is InChI=1S/C24H21Cl2N3O2/c1-24(2)11-16-19(17(30)12-24)18(14-9-6-10-15(25)21(14)26)20-22(27-16)28-29(23(20)31)13-7-4-3-5-8-13/h3-10,18,27-28H,11-12H2,1-2H3/t18-/m0/s1. The summed E-state index contributed by atoms with van der Waals surface area (Å²) in [5.41, 5.74) is 2.88. The molecular weight excluding hydrogens is 433 g/mol. The average molecular weight is 454 g/mol. The zero-order chi connectivity index (χ0) is 21.9. The van der Waals surface area contributed by atoms with E-state index in [1.54, 1.807) is 12.1 Å². The number of hydrogen-bond acceptors (Lipinski definition) is 3. The number of carbonyl (C=O) groups is 1. The fourth-order valence-corrected chi connectivity index (χ4v) is 5.12. The Labute approximate surface area is 189 Å². The number of aromatic nitrogens is 2. The molecule has 0 spiro atoms. The Kier molecular flexibility index (Phi) is 4.65. The zero-order valence-corrected chi connectivity index (χ0v) is 18.6. The predicted molar refractivity (Wildman–Crippen MR) is 123 cm³/mol. The summed E-state index contributed by atoms with van der Waals surface area (Å²) in [7, 11) is 0. The second-order valence-corrected chi connectivity index (χ2v) is 9.70. The molecule has 0 radical (unpaired) electrons. The highest BCUT2D eigenvalue weighted by Crippen LogP contribution is 2.49. The summed E-state index contributed by atoms with van der Waals surface area (Å²) in [6.07, 6.45) is 1.11. The maximum Gasteiger partial charge on any atom is 0.277 e. The molecule has 0 fully saturated rings. The molecule has 0 bridgehead atoms. The number of nitrogens with one attached hydrogen (secondary N) is 2. The largest absolute Gasteiger partial charge is 0.343 e. The first-order chi connectivity index (χ1) is 14.8. The highest BCUT2D eigenvalue weighted by molar-refractivity contribution is 6.42. The molecule has 3 aromatic rings. The lowest BCUT2D eigenvalue weighted by Gasteiger charge is -2.38. The van der Waals surface area contributed by atoms with Gasteiger partial charge >= 0.3 is 0 Å². The monoisotopic (exact) mass is 453 g/mol. The first-order valence-electron chi connectivity index (χ1n) is 10.1. The molecule has 7 heteroatoms. The van der Waals surface area contributed by atoms with Crippen LogP contribution in [-0.4, -0.2) is 15.6 Å². The minimum atomic E-state index is -0.588. The first kappa shape index (κ1) is 20.2. The number of fused-ring (bicyclic) bond motifs is 1. The van der Waals surface area contributed by atoms with E-state index < -0.39 is 5.92 Å². The van der Waals surface area contributed by atoms with E-state index in [9.17, 15) is 9.59 Å². The van der Waals surface area contributed by atoms with E-state index in [1.807, 2.05) is 36.4 Å². The summed E-state index contributed by atoms with van der Waals surface area (Å²) in [5, 5.41) is 7.31. The van der Waals surface area contributed by atoms with Gasteiger partial charge in [-0.2, -0.15) is 0 Å². The Bertz CT molecular complexity index is 1300. The van der Waals surface area contributed by atoms with Crippen LogP contribution in [0.25, 0.3) is 5.69 Å². The smallest absolute Gasteiger partial charge is 0.277 e. The highest BCUT2D eigenvalue weighted by Gasteiger charge is 2.43. The number of H-pyrrole nitrogens is 1. The van der Waals surface area contributed by atoms with Gasteiger partial charge in [-0.15, -0.1) is 0 Å². The molecule has 2 N–H and O–H groups in total. The molecule has 2 aromatic carbocycles. The highest BCUT2D eigenvalue weighted by atomic mass is 35.5. The van der Waals surface area contributed by atoms with Crippen LogP contribution >= 0.6 is 23.2 Å². The molecule has 2 aliphatic rings. The van der Waals surface area contributed by atoms with Crippen LogP contribution < -0.4 is 10.9 Å². The molecule has 0 unspecified atom stereocenters. The number of aromatic amines is 1. The molecular formula is C24H21Cl2N3O2. The molecule has 0 saturated heterocycles. The number of para-hydroxylation sites is 1. The number of halogens is 2. The topological polar surface area (TPSA) is 66.9 Å². The summed E-state index contributed by atoms with van der Waals surface area (Å²) in [6.45, 7) is 4.15. The van der Waals surface area contributed by atoms with Crippen LogP contribution in [0.4, 0.5) is 5.82 Å². The van der Waals surface area contributed by atoms with Crippen LogP contribution in [0.3, 0.4) is 0 Å². The third-order valence-corrected chi connectivity index (χ3v) is 6.84. The lowest BCUT2D eigenvalue weighted by atomic mass is 9.69. The number of rotatable bonds is 2. The van der Waals surface area contributed by atoms with Crippen LogP contribution in [0.15, 0.2) is 64.6 Å². The van der Waals surface area contributed by atoms with Crippen molar-refractivity contribution in [2.24, 2.45) is 5.41 Å². The fraction of sp³-hybridized carbons (Fsp3) is 0.250. The number of hydrogen-bond donors (Lipinski definition) is 2. The number of benzene rings is 2. The fourth-order valence-electron chi connectivity index (χ4n) is 4.70. The quantitative estimate of drug-likeness (QED) is 0.524. The maximum absolute atomic E-state index is 13.6. The Balaban J connectivity index is 1.79. The number of carbonyl (C=O) groups excluding carboxylic acids is 1. The van der Waals surface area contributed by atoms with Crippen LogP contribution in [0.5, 0.6) is 0 Å². The van der Waals surface area contributed by atoms with E-state index in [-0.39, 0.29) is 16.8 Å². The number of anilines is 1. The van der Waals surface area contributed by atoms with E-state index in [0.29, 0.717) is 51.1 Å². The normalized spacial score (nSPS) is 19.6. The van der Waals surface area contributed by atoms with Crippen molar-refractivity contribution in [1.29, 1.82) is 0 Å². The zero-order valence-electron chi connectivity index (χ0n) is 17.1. The lowest BCUT2D eigenvalue weighted by molar-refractivity contribution is -0.118. The first-order valence-corrected chi connectivity index (χ1v) is 10.9. The summed E-state index contributed by atoms with van der Waals surface area (Å²) in [4.78, 5) is 26.9. The Morgan fingerprint density at radius 1 is 1.00 bits per heavy atom. The third-order valence-electron chi connectivity index (χ3n) is 6.01. The molecule has 1 aliphatic heterocycles. The predicted octanol–water partition coefficient (Wildman–Crippen LogP) is 5.67. The molecule has 1 aliphatic carbocycles. The van der Waals surface area contributed by atoms with Crippen LogP contribution in [0, 0.1) is 5.41 Å². The van der Waals surface area contributed by atoms with Crippen LogP contribution in [0.1, 0.15) is 43.7 Å². The van der Waals surface area contributed by atoms with E-state index in [1.165, 1.54) is 4.68 Å². The second-order valence-electron chi connectivity index (χ2n) is 8.91. The van der Waals surface area contributed by atoms with Crippen molar-refractivity contribution in [1.82, 2.24) is 9.78 Å². The van der Waals surface area contributed by atoms with E-state index >= 15 is 0 Å². The molecule has 1 atom stereocenters. The van der Waals surface area contributed by atoms with Gasteiger partial charge in [-0.3, -0.25) is 14.7 Å². The number of allylic oxidation sites excluding steroid dienone is 2. The summed E-state index contributed by atoms with van der Waals surface area (Å²) in [6, 6.07) is 14.7. The molecule has 5 nitrogen and oxygen atoms in total. The van der Waals surface area contributed by atoms with Crippen LogP contribution in [-0.2, 0) is 4.79 Å². The maximum atomic E-state index is 13.6. The minimum Gasteiger partial charge on any atom is -0.343 e. The van der Waals surface area contributed by atoms with Gasteiger partial charge < -0.3 is 5.32 Å². The van der Waals surface area contributed by atoms with Crippen molar-refractivity contribution in [3.05, 3.63) is 91.3 Å². The summed E-state index contributed by atoms with van der Waals surface area (Å²) >= 11 is 12.9. The van der Waals surface area contributed by atoms with Crippen molar-refractivity contribution < 1.29 is 4.79 Å². The third kappa shape index (κ3) is 3.24. The van der Waals surface area contributed by atoms with Gasteiger partial charge in [0.15, 0.2) is 5.78 Å². The Morgan fingerprint density at radius 2 is 1.74 bits per heavy atom. The molecule has 158 valence electrons. The van der Waals surface area contributed by atoms with E-state index in [2.05, 4.69) is 24.3 Å². The van der Waals surface area contributed by atoms with Gasteiger partial charge in [0, 0.05) is 23.6 Å². The number of nitrogens with zero attached hydrogens (tertiary/aromatic N) is 1. The van der Waals surface area contributed by atoms with Crippen molar-refractivity contribution >= 4 is 34.8 Å². The molecule has 1 aromatic heterocycles. The Morgan fingerprint density at radius 3 is 2.48 bits per heavy atom. The minimum absolute atomic E-state index is 0.0253. The van der Waals surface area contributed by atoms with Gasteiger partial charge in [0.2, 0.25) is 0 Å². The molecule has 5 rings (SSSR count). The van der Waals surface area contributed by atoms with Crippen molar-refractivity contribution in [2.75, 3.05) is 5.32 Å². The van der Waals surface area contributed by atoms with Crippen molar-refractivity contribution in [3.63, 3.8) is 0 Å². The molecule has 0 saturated carbocycles. The average Bonchev–Trinajstić information content (AvgIpc) is 3.04. The molecule has 31 heavy (non-hydrogen) atoms. The van der Waals surface area contributed by atoms with Gasteiger partial charge in [0.25, 0.3) is 5.56 Å². The van der Waals surface area contributed by atoms with Gasteiger partial charge in [0.05, 0.1) is 21.3 Å². The van der Waals surface area contributed by atoms with Gasteiger partial charge in [-0.05, 0) is 35.6 Å². The molecule has 2 heterocycles. The summed E-state index contributed by atoms with van der Waals surface area (Å²) in [5.74, 6) is 0.0196.